The number of nitrogens with zero attached hydrogens (tertiary/aromatic N) is 1. The van der Waals surface area contributed by atoms with E-state index in [1.165, 1.54) is 6.42 Å². The number of amides is 2. The van der Waals surface area contributed by atoms with Gasteiger partial charge in [0.2, 0.25) is 12.3 Å². The molecule has 0 saturated heterocycles. The molecule has 6 nitrogen and oxygen atoms in total. The zero-order chi connectivity index (χ0) is 27.2. The van der Waals surface area contributed by atoms with Crippen molar-refractivity contribution in [2.75, 3.05) is 11.4 Å². The number of anilines is 1. The number of benzene rings is 3. The molecule has 3 aromatic rings. The average molecular weight is 525 g/mol. The van der Waals surface area contributed by atoms with Crippen molar-refractivity contribution in [1.82, 2.24) is 5.32 Å². The smallest absolute Gasteiger partial charge is 0.222 e. The molecule has 0 bridgehead atoms. The Morgan fingerprint density at radius 1 is 1.03 bits per heavy atom. The van der Waals surface area contributed by atoms with E-state index >= 15 is 0 Å². The zero-order valence-electron chi connectivity index (χ0n) is 22.3. The van der Waals surface area contributed by atoms with Gasteiger partial charge in [-0.15, -0.1) is 0 Å². The summed E-state index contributed by atoms with van der Waals surface area (Å²) in [6.07, 6.45) is 8.01. The Balaban J connectivity index is 1.42. The SMILES string of the molecule is C[C@H](C[C@H](O)[C@H](Cc1ccccc1)N(C=O)c1cccc2c1C=Cc1ccccc1O2)C(=O)NCC1CCC1. The van der Waals surface area contributed by atoms with Crippen molar-refractivity contribution >= 4 is 30.2 Å². The molecular formula is C33H36N2O4. The molecule has 0 unspecified atom stereocenters. The van der Waals surface area contributed by atoms with Crippen LogP contribution in [0, 0.1) is 11.8 Å². The molecule has 6 heteroatoms. The predicted molar refractivity (Wildman–Crippen MR) is 155 cm³/mol. The number of aliphatic hydroxyl groups is 1. The number of carbonyl (C=O) groups is 2. The number of nitrogens with one attached hydrogen (secondary N) is 1. The van der Waals surface area contributed by atoms with Crippen molar-refractivity contribution in [1.29, 1.82) is 0 Å². The minimum absolute atomic E-state index is 0.0558. The highest BCUT2D eigenvalue weighted by Crippen LogP contribution is 2.39. The first-order valence-corrected chi connectivity index (χ1v) is 13.8. The van der Waals surface area contributed by atoms with Gasteiger partial charge in [0.05, 0.1) is 17.8 Å². The second kappa shape index (κ2) is 12.3. The van der Waals surface area contributed by atoms with Gasteiger partial charge in [-0.1, -0.05) is 74.0 Å². The molecule has 2 N–H and O–H groups in total. The van der Waals surface area contributed by atoms with Crippen molar-refractivity contribution in [2.24, 2.45) is 11.8 Å². The summed E-state index contributed by atoms with van der Waals surface area (Å²) in [7, 11) is 0. The van der Waals surface area contributed by atoms with Crippen LogP contribution < -0.4 is 15.0 Å². The standard InChI is InChI=1S/C33H36N2O4/c1-23(33(38)34-21-25-11-7-12-25)19-30(37)29(20-24-9-3-2-4-10-24)35(22-36)28-14-8-16-32-27(28)18-17-26-13-5-6-15-31(26)39-32/h2-6,8-10,13-18,22-23,25,29-30,37H,7,11-12,19-21H2,1H3,(H,34,38)/t23-,29+,30+/m1/s1. The third-order valence-electron chi connectivity index (χ3n) is 7.92. The van der Waals surface area contributed by atoms with Gasteiger partial charge < -0.3 is 20.1 Å². The Hall–Kier alpha value is -3.90. The van der Waals surface area contributed by atoms with E-state index in [1.807, 2.05) is 91.9 Å². The van der Waals surface area contributed by atoms with E-state index in [-0.39, 0.29) is 12.3 Å². The predicted octanol–water partition coefficient (Wildman–Crippen LogP) is 5.84. The Kier molecular flexibility index (Phi) is 8.42. The van der Waals surface area contributed by atoms with Crippen LogP contribution in [0.15, 0.2) is 72.8 Å². The van der Waals surface area contributed by atoms with Crippen molar-refractivity contribution in [3.63, 3.8) is 0 Å². The van der Waals surface area contributed by atoms with Gasteiger partial charge in [-0.25, -0.2) is 0 Å². The van der Waals surface area contributed by atoms with Gasteiger partial charge in [0.15, 0.2) is 0 Å². The van der Waals surface area contributed by atoms with Crippen molar-refractivity contribution in [2.45, 2.75) is 51.2 Å². The van der Waals surface area contributed by atoms with Gasteiger partial charge in [-0.3, -0.25) is 9.59 Å². The van der Waals surface area contributed by atoms with Crippen LogP contribution in [0.25, 0.3) is 12.2 Å². The number of rotatable bonds is 11. The number of hydrogen-bond acceptors (Lipinski definition) is 4. The maximum atomic E-state index is 12.8. The summed E-state index contributed by atoms with van der Waals surface area (Å²) in [6, 6.07) is 22.6. The van der Waals surface area contributed by atoms with Gasteiger partial charge in [0.25, 0.3) is 0 Å². The number of aliphatic hydroxyl groups excluding tert-OH is 1. The highest BCUT2D eigenvalue weighted by atomic mass is 16.5. The summed E-state index contributed by atoms with van der Waals surface area (Å²) in [5.74, 6) is 1.50. The van der Waals surface area contributed by atoms with Gasteiger partial charge >= 0.3 is 0 Å². The molecule has 2 amide bonds. The lowest BCUT2D eigenvalue weighted by Gasteiger charge is -2.34. The maximum Gasteiger partial charge on any atom is 0.222 e. The fourth-order valence-corrected chi connectivity index (χ4v) is 5.35. The molecule has 3 aromatic carbocycles. The summed E-state index contributed by atoms with van der Waals surface area (Å²) >= 11 is 0. The van der Waals surface area contributed by atoms with Crippen LogP contribution in [0.5, 0.6) is 11.5 Å². The van der Waals surface area contributed by atoms with Gasteiger partial charge in [-0.2, -0.15) is 0 Å². The van der Waals surface area contributed by atoms with Crippen LogP contribution in [0.1, 0.15) is 49.3 Å². The first kappa shape index (κ1) is 26.7. The number of para-hydroxylation sites is 1. The van der Waals surface area contributed by atoms with E-state index in [0.29, 0.717) is 30.3 Å². The van der Waals surface area contributed by atoms with Gasteiger partial charge in [0, 0.05) is 23.6 Å². The van der Waals surface area contributed by atoms with Crippen LogP contribution in [-0.2, 0) is 16.0 Å². The summed E-state index contributed by atoms with van der Waals surface area (Å²) in [6.45, 7) is 2.53. The highest BCUT2D eigenvalue weighted by molar-refractivity contribution is 5.89. The van der Waals surface area contributed by atoms with E-state index in [2.05, 4.69) is 5.32 Å². The molecule has 1 heterocycles. The van der Waals surface area contributed by atoms with Crippen molar-refractivity contribution < 1.29 is 19.4 Å². The minimum atomic E-state index is -0.927. The molecule has 1 saturated carbocycles. The average Bonchev–Trinajstić information content (AvgIpc) is 3.12. The van der Waals surface area contributed by atoms with Crippen LogP contribution in [0.2, 0.25) is 0 Å². The van der Waals surface area contributed by atoms with E-state index in [0.717, 1.165) is 41.7 Å². The summed E-state index contributed by atoms with van der Waals surface area (Å²) in [4.78, 5) is 27.2. The Morgan fingerprint density at radius 3 is 2.51 bits per heavy atom. The molecule has 1 aliphatic heterocycles. The maximum absolute atomic E-state index is 12.8. The lowest BCUT2D eigenvalue weighted by Crippen LogP contribution is -2.47. The number of hydrogen-bond donors (Lipinski definition) is 2. The molecule has 1 aliphatic carbocycles. The molecule has 0 aromatic heterocycles. The third-order valence-corrected chi connectivity index (χ3v) is 7.92. The number of carbonyl (C=O) groups excluding carboxylic acids is 2. The van der Waals surface area contributed by atoms with Crippen LogP contribution in [-0.4, -0.2) is 36.1 Å². The molecule has 1 fully saturated rings. The number of ether oxygens (including phenoxy) is 1. The Bertz CT molecular complexity index is 1320. The first-order chi connectivity index (χ1) is 19.0. The quantitative estimate of drug-likeness (QED) is 0.242. The molecule has 5 rings (SSSR count). The van der Waals surface area contributed by atoms with Crippen LogP contribution in [0.4, 0.5) is 5.69 Å². The largest absolute Gasteiger partial charge is 0.456 e. The van der Waals surface area contributed by atoms with Crippen LogP contribution in [0.3, 0.4) is 0 Å². The first-order valence-electron chi connectivity index (χ1n) is 13.8. The summed E-state index contributed by atoms with van der Waals surface area (Å²) in [5.41, 5.74) is 3.35. The third kappa shape index (κ3) is 6.23. The lowest BCUT2D eigenvalue weighted by molar-refractivity contribution is -0.125. The monoisotopic (exact) mass is 524 g/mol. The summed E-state index contributed by atoms with van der Waals surface area (Å²) < 4.78 is 6.23. The molecule has 2 aliphatic rings. The van der Waals surface area contributed by atoms with Gasteiger partial charge in [0.1, 0.15) is 11.5 Å². The summed E-state index contributed by atoms with van der Waals surface area (Å²) in [5, 5.41) is 14.6. The number of fused-ring (bicyclic) bond motifs is 2. The van der Waals surface area contributed by atoms with Crippen molar-refractivity contribution in [3.8, 4) is 11.5 Å². The van der Waals surface area contributed by atoms with E-state index in [4.69, 9.17) is 4.74 Å². The highest BCUT2D eigenvalue weighted by Gasteiger charge is 2.32. The minimum Gasteiger partial charge on any atom is -0.456 e. The zero-order valence-corrected chi connectivity index (χ0v) is 22.3. The Morgan fingerprint density at radius 2 is 1.77 bits per heavy atom. The fourth-order valence-electron chi connectivity index (χ4n) is 5.35. The molecular weight excluding hydrogens is 488 g/mol. The topological polar surface area (TPSA) is 78.9 Å². The van der Waals surface area contributed by atoms with Crippen molar-refractivity contribution in [3.05, 3.63) is 89.5 Å². The van der Waals surface area contributed by atoms with Crippen LogP contribution >= 0.6 is 0 Å². The normalized spacial score (nSPS) is 16.4. The second-order valence-corrected chi connectivity index (χ2v) is 10.7. The molecule has 202 valence electrons. The molecule has 0 spiro atoms. The Labute approximate surface area is 230 Å². The lowest BCUT2D eigenvalue weighted by atomic mass is 9.85. The molecule has 3 atom stereocenters. The van der Waals surface area contributed by atoms with Gasteiger partial charge in [-0.05, 0) is 61.4 Å². The fraction of sp³-hybridized carbons (Fsp3) is 0.333. The molecule has 39 heavy (non-hydrogen) atoms. The molecule has 0 radical (unpaired) electrons. The van der Waals surface area contributed by atoms with E-state index in [9.17, 15) is 14.7 Å². The van der Waals surface area contributed by atoms with E-state index < -0.39 is 18.1 Å². The second-order valence-electron chi connectivity index (χ2n) is 10.7. The van der Waals surface area contributed by atoms with E-state index in [1.54, 1.807) is 4.90 Å².